The Bertz CT molecular complexity index is 511. The molecule has 1 saturated heterocycles. The molecule has 4 heteroatoms. The number of carbonyl (C=O) groups excluding carboxylic acids is 3. The molecule has 100 valence electrons. The lowest BCUT2D eigenvalue weighted by Crippen LogP contribution is -2.37. The van der Waals surface area contributed by atoms with Gasteiger partial charge in [0.1, 0.15) is 6.29 Å². The molecule has 1 aliphatic heterocycles. The number of anilines is 1. The van der Waals surface area contributed by atoms with Crippen LogP contribution in [-0.4, -0.2) is 18.1 Å². The molecule has 0 aliphatic carbocycles. The van der Waals surface area contributed by atoms with Crippen LogP contribution in [0.5, 0.6) is 0 Å². The van der Waals surface area contributed by atoms with Gasteiger partial charge < -0.3 is 4.79 Å². The topological polar surface area (TPSA) is 54.5 Å². The molecule has 1 fully saturated rings. The lowest BCUT2D eigenvalue weighted by molar-refractivity contribution is -0.130. The maximum atomic E-state index is 12.4. The minimum atomic E-state index is -0.768. The summed E-state index contributed by atoms with van der Waals surface area (Å²) >= 11 is 0. The van der Waals surface area contributed by atoms with Gasteiger partial charge in [0, 0.05) is 11.8 Å². The molecular formula is C15H17NO3. The van der Waals surface area contributed by atoms with Crippen LogP contribution >= 0.6 is 0 Å². The minimum Gasteiger partial charge on any atom is -0.303 e. The Balaban J connectivity index is 2.34. The van der Waals surface area contributed by atoms with Crippen molar-refractivity contribution in [2.75, 3.05) is 4.90 Å². The van der Waals surface area contributed by atoms with Crippen molar-refractivity contribution in [1.82, 2.24) is 0 Å². The van der Waals surface area contributed by atoms with E-state index in [9.17, 15) is 14.4 Å². The summed E-state index contributed by atoms with van der Waals surface area (Å²) in [4.78, 5) is 36.9. The number of hydrogen-bond donors (Lipinski definition) is 0. The number of aldehydes is 1. The molecule has 0 spiro atoms. The number of hydrogen-bond acceptors (Lipinski definition) is 3. The Morgan fingerprint density at radius 2 is 1.95 bits per heavy atom. The van der Waals surface area contributed by atoms with Gasteiger partial charge in [-0.15, -0.1) is 0 Å². The Labute approximate surface area is 112 Å². The van der Waals surface area contributed by atoms with Crippen LogP contribution < -0.4 is 4.90 Å². The maximum absolute atomic E-state index is 12.4. The van der Waals surface area contributed by atoms with E-state index in [0.29, 0.717) is 12.1 Å². The number of imide groups is 1. The van der Waals surface area contributed by atoms with Crippen LogP contribution in [0.2, 0.25) is 0 Å². The molecule has 2 amide bonds. The van der Waals surface area contributed by atoms with Gasteiger partial charge in [-0.05, 0) is 18.6 Å². The number of nitrogens with zero attached hydrogens (tertiary/aromatic N) is 1. The second-order valence-corrected chi connectivity index (χ2v) is 5.14. The van der Waals surface area contributed by atoms with Crippen molar-refractivity contribution in [3.8, 4) is 0 Å². The summed E-state index contributed by atoms with van der Waals surface area (Å²) in [7, 11) is 0. The van der Waals surface area contributed by atoms with Crippen LogP contribution in [0.25, 0.3) is 0 Å². The van der Waals surface area contributed by atoms with Gasteiger partial charge in [0.25, 0.3) is 0 Å². The van der Waals surface area contributed by atoms with Crippen LogP contribution in [0.15, 0.2) is 30.3 Å². The SMILES string of the molecule is CCC(C)(C=O)C1CC(=O)N(c2ccccc2)C1=O. The van der Waals surface area contributed by atoms with E-state index in [0.717, 1.165) is 6.29 Å². The quantitative estimate of drug-likeness (QED) is 0.615. The Morgan fingerprint density at radius 3 is 2.47 bits per heavy atom. The van der Waals surface area contributed by atoms with E-state index in [-0.39, 0.29) is 18.2 Å². The van der Waals surface area contributed by atoms with Crippen LogP contribution in [0.1, 0.15) is 26.7 Å². The highest BCUT2D eigenvalue weighted by molar-refractivity contribution is 6.21. The Kier molecular flexibility index (Phi) is 3.51. The maximum Gasteiger partial charge on any atom is 0.238 e. The normalized spacial score (nSPS) is 22.4. The predicted octanol–water partition coefficient (Wildman–Crippen LogP) is 2.18. The number of rotatable bonds is 4. The molecular weight excluding hydrogens is 242 g/mol. The number of para-hydroxylation sites is 1. The Hall–Kier alpha value is -1.97. The smallest absolute Gasteiger partial charge is 0.238 e. The Morgan fingerprint density at radius 1 is 1.32 bits per heavy atom. The van der Waals surface area contributed by atoms with E-state index in [4.69, 9.17) is 0 Å². The van der Waals surface area contributed by atoms with Gasteiger partial charge in [-0.3, -0.25) is 14.5 Å². The average Bonchev–Trinajstić information content (AvgIpc) is 2.74. The molecule has 19 heavy (non-hydrogen) atoms. The van der Waals surface area contributed by atoms with Crippen molar-refractivity contribution < 1.29 is 14.4 Å². The molecule has 0 saturated carbocycles. The molecule has 0 aromatic heterocycles. The number of carbonyl (C=O) groups is 3. The van der Waals surface area contributed by atoms with Gasteiger partial charge in [-0.2, -0.15) is 0 Å². The number of amides is 2. The average molecular weight is 259 g/mol. The van der Waals surface area contributed by atoms with Crippen LogP contribution in [0, 0.1) is 11.3 Å². The van der Waals surface area contributed by atoms with Crippen LogP contribution in [-0.2, 0) is 14.4 Å². The molecule has 1 aromatic rings. The molecule has 0 radical (unpaired) electrons. The van der Waals surface area contributed by atoms with Crippen LogP contribution in [0.3, 0.4) is 0 Å². The second-order valence-electron chi connectivity index (χ2n) is 5.14. The van der Waals surface area contributed by atoms with Gasteiger partial charge >= 0.3 is 0 Å². The molecule has 1 heterocycles. The lowest BCUT2D eigenvalue weighted by atomic mass is 9.75. The van der Waals surface area contributed by atoms with Gasteiger partial charge in [-0.25, -0.2) is 0 Å². The second kappa shape index (κ2) is 4.96. The van der Waals surface area contributed by atoms with Gasteiger partial charge in [0.2, 0.25) is 11.8 Å². The van der Waals surface area contributed by atoms with E-state index in [1.165, 1.54) is 4.90 Å². The van der Waals surface area contributed by atoms with Gasteiger partial charge in [0.15, 0.2) is 0 Å². The molecule has 0 bridgehead atoms. The summed E-state index contributed by atoms with van der Waals surface area (Å²) in [6.45, 7) is 3.60. The fourth-order valence-electron chi connectivity index (χ4n) is 2.41. The molecule has 1 aliphatic rings. The summed E-state index contributed by atoms with van der Waals surface area (Å²) in [5.74, 6) is -1.06. The van der Waals surface area contributed by atoms with E-state index in [2.05, 4.69) is 0 Å². The zero-order valence-corrected chi connectivity index (χ0v) is 11.1. The third kappa shape index (κ3) is 2.18. The van der Waals surface area contributed by atoms with Crippen molar-refractivity contribution in [3.05, 3.63) is 30.3 Å². The standard InChI is InChI=1S/C15H17NO3/c1-3-15(2,10-17)12-9-13(18)16(14(12)19)11-7-5-4-6-8-11/h4-8,10,12H,3,9H2,1-2H3. The van der Waals surface area contributed by atoms with Crippen molar-refractivity contribution >= 4 is 23.8 Å². The van der Waals surface area contributed by atoms with E-state index in [1.807, 2.05) is 13.0 Å². The van der Waals surface area contributed by atoms with E-state index >= 15 is 0 Å². The fraction of sp³-hybridized carbons (Fsp3) is 0.400. The van der Waals surface area contributed by atoms with Gasteiger partial charge in [-0.1, -0.05) is 32.0 Å². The monoisotopic (exact) mass is 259 g/mol. The molecule has 2 unspecified atom stereocenters. The summed E-state index contributed by atoms with van der Waals surface area (Å²) in [6.07, 6.45) is 1.46. The zero-order valence-electron chi connectivity index (χ0n) is 11.1. The summed E-state index contributed by atoms with van der Waals surface area (Å²) < 4.78 is 0. The van der Waals surface area contributed by atoms with Gasteiger partial charge in [0.05, 0.1) is 11.6 Å². The first-order valence-electron chi connectivity index (χ1n) is 6.41. The lowest BCUT2D eigenvalue weighted by Gasteiger charge is -2.26. The van der Waals surface area contributed by atoms with Crippen LogP contribution in [0.4, 0.5) is 5.69 Å². The van der Waals surface area contributed by atoms with E-state index in [1.54, 1.807) is 31.2 Å². The highest BCUT2D eigenvalue weighted by Crippen LogP contribution is 2.38. The minimum absolute atomic E-state index is 0.108. The first-order valence-corrected chi connectivity index (χ1v) is 6.41. The third-order valence-corrected chi connectivity index (χ3v) is 3.99. The fourth-order valence-corrected chi connectivity index (χ4v) is 2.41. The highest BCUT2D eigenvalue weighted by atomic mass is 16.2. The van der Waals surface area contributed by atoms with Crippen molar-refractivity contribution in [2.24, 2.45) is 11.3 Å². The molecule has 4 nitrogen and oxygen atoms in total. The molecule has 2 rings (SSSR count). The third-order valence-electron chi connectivity index (χ3n) is 3.99. The number of benzene rings is 1. The van der Waals surface area contributed by atoms with Crippen molar-refractivity contribution in [2.45, 2.75) is 26.7 Å². The zero-order chi connectivity index (χ0) is 14.0. The van der Waals surface area contributed by atoms with Crippen molar-refractivity contribution in [1.29, 1.82) is 0 Å². The van der Waals surface area contributed by atoms with Crippen molar-refractivity contribution in [3.63, 3.8) is 0 Å². The molecule has 2 atom stereocenters. The predicted molar refractivity (Wildman–Crippen MR) is 71.5 cm³/mol. The largest absolute Gasteiger partial charge is 0.303 e. The summed E-state index contributed by atoms with van der Waals surface area (Å²) in [5, 5.41) is 0. The first-order chi connectivity index (χ1) is 9.03. The highest BCUT2D eigenvalue weighted by Gasteiger charge is 2.48. The first kappa shape index (κ1) is 13.5. The van der Waals surface area contributed by atoms with E-state index < -0.39 is 11.3 Å². The summed E-state index contributed by atoms with van der Waals surface area (Å²) in [6, 6.07) is 8.84. The molecule has 1 aromatic carbocycles. The summed E-state index contributed by atoms with van der Waals surface area (Å²) in [5.41, 5.74) is -0.194. The molecule has 0 N–H and O–H groups in total.